The van der Waals surface area contributed by atoms with Gasteiger partial charge in [-0.15, -0.1) is 0 Å². The Bertz CT molecular complexity index is 1150. The molecule has 34 heavy (non-hydrogen) atoms. The summed E-state index contributed by atoms with van der Waals surface area (Å²) in [5.74, 6) is 0.297. The third-order valence-electron chi connectivity index (χ3n) is 6.69. The van der Waals surface area contributed by atoms with Crippen molar-refractivity contribution >= 4 is 29.2 Å². The number of hydrogen-bond donors (Lipinski definition) is 1. The predicted molar refractivity (Wildman–Crippen MR) is 132 cm³/mol. The Hall–Kier alpha value is -3.16. The number of carbonyl (C=O) groups excluding carboxylic acids is 3. The predicted octanol–water partition coefficient (Wildman–Crippen LogP) is 4.26. The fourth-order valence-electron chi connectivity index (χ4n) is 4.81. The molecule has 1 aromatic carbocycles. The molecular formula is C26H35N5O3. The highest BCUT2D eigenvalue weighted by molar-refractivity contribution is 6.10. The van der Waals surface area contributed by atoms with Crippen LogP contribution in [0.3, 0.4) is 0 Å². The largest absolute Gasteiger partial charge is 0.315 e. The summed E-state index contributed by atoms with van der Waals surface area (Å²) in [7, 11) is 0. The molecule has 0 spiro atoms. The molecule has 4 rings (SSSR count). The molecule has 8 nitrogen and oxygen atoms in total. The maximum atomic E-state index is 13.4. The molecule has 0 bridgehead atoms. The second-order valence-electron chi connectivity index (χ2n) is 11.5. The fourth-order valence-corrected chi connectivity index (χ4v) is 4.81. The van der Waals surface area contributed by atoms with Crippen molar-refractivity contribution in [3.8, 4) is 0 Å². The van der Waals surface area contributed by atoms with E-state index in [4.69, 9.17) is 5.10 Å². The van der Waals surface area contributed by atoms with Crippen LogP contribution in [0.5, 0.6) is 0 Å². The second-order valence-corrected chi connectivity index (χ2v) is 11.5. The van der Waals surface area contributed by atoms with E-state index in [1.807, 2.05) is 50.6 Å². The summed E-state index contributed by atoms with van der Waals surface area (Å²) in [4.78, 5) is 42.6. The van der Waals surface area contributed by atoms with Gasteiger partial charge in [-0.25, -0.2) is 4.68 Å². The number of carbonyl (C=O) groups is 3. The Kier molecular flexibility index (Phi) is 5.61. The van der Waals surface area contributed by atoms with E-state index in [9.17, 15) is 14.4 Å². The summed E-state index contributed by atoms with van der Waals surface area (Å²) in [6.45, 7) is 14.5. The molecule has 0 radical (unpaired) electrons. The summed E-state index contributed by atoms with van der Waals surface area (Å²) in [5.41, 5.74) is 0.814. The lowest BCUT2D eigenvalue weighted by Crippen LogP contribution is -2.62. The molecule has 2 aliphatic heterocycles. The van der Waals surface area contributed by atoms with E-state index in [0.29, 0.717) is 29.9 Å². The van der Waals surface area contributed by atoms with Gasteiger partial charge in [0, 0.05) is 30.9 Å². The minimum absolute atomic E-state index is 0.000639. The van der Waals surface area contributed by atoms with Gasteiger partial charge in [-0.1, -0.05) is 32.9 Å². The fraction of sp³-hybridized carbons (Fsp3) is 0.538. The van der Waals surface area contributed by atoms with Gasteiger partial charge in [0.1, 0.15) is 11.5 Å². The van der Waals surface area contributed by atoms with Gasteiger partial charge in [0.2, 0.25) is 11.8 Å². The lowest BCUT2D eigenvalue weighted by molar-refractivity contribution is -0.117. The molecule has 1 unspecified atom stereocenters. The highest BCUT2D eigenvalue weighted by Gasteiger charge is 2.52. The standard InChI is InChI=1S/C26H35N5O3/c1-24(2,3)19-16-20(31(28-19)25(4,5)6)27-21(32)13-15-29-23(34)17-10-8-9-11-18(17)30-22(33)12-14-26(29,30)7/h8-11,16H,12-15H2,1-7H3,(H,27,32). The van der Waals surface area contributed by atoms with Gasteiger partial charge < -0.3 is 10.2 Å². The first kappa shape index (κ1) is 24.0. The Labute approximate surface area is 201 Å². The van der Waals surface area contributed by atoms with E-state index in [0.717, 1.165) is 5.69 Å². The van der Waals surface area contributed by atoms with Crippen molar-refractivity contribution in [2.45, 2.75) is 84.3 Å². The van der Waals surface area contributed by atoms with Gasteiger partial charge in [0.05, 0.1) is 22.5 Å². The maximum Gasteiger partial charge on any atom is 0.257 e. The molecule has 182 valence electrons. The van der Waals surface area contributed by atoms with Gasteiger partial charge in [-0.3, -0.25) is 19.3 Å². The van der Waals surface area contributed by atoms with Crippen LogP contribution >= 0.6 is 0 Å². The average Bonchev–Trinajstić information content (AvgIpc) is 3.29. The molecule has 2 aliphatic rings. The molecular weight excluding hydrogens is 430 g/mol. The number of hydrogen-bond acceptors (Lipinski definition) is 4. The summed E-state index contributed by atoms with van der Waals surface area (Å²) in [5, 5.41) is 7.76. The van der Waals surface area contributed by atoms with E-state index in [2.05, 4.69) is 26.1 Å². The molecule has 3 amide bonds. The molecule has 1 fully saturated rings. The minimum atomic E-state index is -0.768. The van der Waals surface area contributed by atoms with Crippen molar-refractivity contribution in [2.75, 3.05) is 16.8 Å². The molecule has 1 saturated heterocycles. The number of anilines is 2. The zero-order valence-corrected chi connectivity index (χ0v) is 21.2. The highest BCUT2D eigenvalue weighted by atomic mass is 16.2. The summed E-state index contributed by atoms with van der Waals surface area (Å²) >= 11 is 0. The van der Waals surface area contributed by atoms with Gasteiger partial charge in [0.15, 0.2) is 0 Å². The van der Waals surface area contributed by atoms with Crippen molar-refractivity contribution in [1.82, 2.24) is 14.7 Å². The van der Waals surface area contributed by atoms with Gasteiger partial charge >= 0.3 is 0 Å². The molecule has 2 aromatic rings. The summed E-state index contributed by atoms with van der Waals surface area (Å²) < 4.78 is 1.84. The molecule has 1 aromatic heterocycles. The van der Waals surface area contributed by atoms with Crippen LogP contribution in [0.25, 0.3) is 0 Å². The van der Waals surface area contributed by atoms with Gasteiger partial charge in [0.25, 0.3) is 5.91 Å². The van der Waals surface area contributed by atoms with E-state index < -0.39 is 5.66 Å². The quantitative estimate of drug-likeness (QED) is 0.731. The van der Waals surface area contributed by atoms with Crippen LogP contribution < -0.4 is 10.2 Å². The van der Waals surface area contributed by atoms with Crippen molar-refractivity contribution in [3.63, 3.8) is 0 Å². The topological polar surface area (TPSA) is 87.5 Å². The second kappa shape index (κ2) is 7.96. The first-order valence-corrected chi connectivity index (χ1v) is 11.9. The number of rotatable bonds is 4. The lowest BCUT2D eigenvalue weighted by Gasteiger charge is -2.48. The number of para-hydroxylation sites is 1. The van der Waals surface area contributed by atoms with Gasteiger partial charge in [-0.2, -0.15) is 5.10 Å². The Morgan fingerprint density at radius 1 is 1.12 bits per heavy atom. The van der Waals surface area contributed by atoms with Crippen molar-refractivity contribution in [1.29, 1.82) is 0 Å². The van der Waals surface area contributed by atoms with Crippen LogP contribution in [0.15, 0.2) is 30.3 Å². The molecule has 0 aliphatic carbocycles. The van der Waals surface area contributed by atoms with E-state index >= 15 is 0 Å². The van der Waals surface area contributed by atoms with E-state index in [1.165, 1.54) is 0 Å². The maximum absolute atomic E-state index is 13.4. The third-order valence-corrected chi connectivity index (χ3v) is 6.69. The third kappa shape index (κ3) is 3.99. The average molecular weight is 466 g/mol. The zero-order valence-electron chi connectivity index (χ0n) is 21.2. The zero-order chi connectivity index (χ0) is 25.1. The van der Waals surface area contributed by atoms with Crippen LogP contribution in [-0.2, 0) is 20.5 Å². The van der Waals surface area contributed by atoms with Gasteiger partial charge in [-0.05, 0) is 46.2 Å². The number of amides is 3. The molecule has 3 heterocycles. The van der Waals surface area contributed by atoms with Crippen LogP contribution in [0.2, 0.25) is 0 Å². The van der Waals surface area contributed by atoms with Crippen LogP contribution in [-0.4, -0.2) is 44.6 Å². The number of nitrogens with zero attached hydrogens (tertiary/aromatic N) is 4. The van der Waals surface area contributed by atoms with Crippen LogP contribution in [0.1, 0.15) is 83.8 Å². The van der Waals surface area contributed by atoms with Crippen molar-refractivity contribution in [2.24, 2.45) is 0 Å². The molecule has 8 heteroatoms. The SMILES string of the molecule is CC(C)(C)c1cc(NC(=O)CCN2C(=O)c3ccccc3N3C(=O)CCC23C)n(C(C)(C)C)n1. The summed E-state index contributed by atoms with van der Waals surface area (Å²) in [6.07, 6.45) is 1.03. The van der Waals surface area contributed by atoms with Crippen LogP contribution in [0, 0.1) is 0 Å². The smallest absolute Gasteiger partial charge is 0.257 e. The molecule has 1 atom stereocenters. The highest BCUT2D eigenvalue weighted by Crippen LogP contribution is 2.44. The summed E-state index contributed by atoms with van der Waals surface area (Å²) in [6, 6.07) is 9.12. The van der Waals surface area contributed by atoms with Crippen LogP contribution in [0.4, 0.5) is 11.5 Å². The Balaban J connectivity index is 1.55. The Morgan fingerprint density at radius 2 is 1.79 bits per heavy atom. The number of fused-ring (bicyclic) bond motifs is 3. The monoisotopic (exact) mass is 465 g/mol. The number of benzene rings is 1. The normalized spacial score (nSPS) is 20.4. The first-order valence-electron chi connectivity index (χ1n) is 11.9. The van der Waals surface area contributed by atoms with E-state index in [-0.39, 0.29) is 41.6 Å². The van der Waals surface area contributed by atoms with E-state index in [1.54, 1.807) is 21.9 Å². The van der Waals surface area contributed by atoms with Crippen molar-refractivity contribution < 1.29 is 14.4 Å². The number of aromatic nitrogens is 2. The molecule has 1 N–H and O–H groups in total. The first-order chi connectivity index (χ1) is 15.7. The number of nitrogens with one attached hydrogen (secondary N) is 1. The lowest BCUT2D eigenvalue weighted by atomic mass is 9.92. The van der Waals surface area contributed by atoms with Crippen molar-refractivity contribution in [3.05, 3.63) is 41.6 Å². The molecule has 0 saturated carbocycles. The Morgan fingerprint density at radius 3 is 2.44 bits per heavy atom. The minimum Gasteiger partial charge on any atom is -0.315 e.